The van der Waals surface area contributed by atoms with Crippen LogP contribution in [0.25, 0.3) is 0 Å². The molecule has 0 bridgehead atoms. The fourth-order valence-electron chi connectivity index (χ4n) is 3.03. The number of hydrogen-bond acceptors (Lipinski definition) is 2. The van der Waals surface area contributed by atoms with Gasteiger partial charge < -0.3 is 10.4 Å². The van der Waals surface area contributed by atoms with Crippen molar-refractivity contribution in [2.45, 2.75) is 45.7 Å². The van der Waals surface area contributed by atoms with Crippen LogP contribution in [-0.2, 0) is 6.54 Å². The molecular formula is C15H23NO. The molecule has 0 spiro atoms. The molecule has 0 saturated heterocycles. The van der Waals surface area contributed by atoms with Gasteiger partial charge in [0, 0.05) is 12.6 Å². The highest BCUT2D eigenvalue weighted by atomic mass is 16.3. The van der Waals surface area contributed by atoms with Gasteiger partial charge >= 0.3 is 0 Å². The van der Waals surface area contributed by atoms with Crippen LogP contribution in [0.15, 0.2) is 24.3 Å². The molecule has 1 aliphatic carbocycles. The minimum Gasteiger partial charge on any atom is -0.508 e. The lowest BCUT2D eigenvalue weighted by atomic mass is 9.93. The molecule has 1 aliphatic rings. The van der Waals surface area contributed by atoms with Crippen LogP contribution < -0.4 is 5.32 Å². The van der Waals surface area contributed by atoms with Crippen molar-refractivity contribution in [3.05, 3.63) is 29.8 Å². The fraction of sp³-hybridized carbons (Fsp3) is 0.600. The largest absolute Gasteiger partial charge is 0.508 e. The fourth-order valence-corrected chi connectivity index (χ4v) is 3.03. The van der Waals surface area contributed by atoms with E-state index in [1.165, 1.54) is 19.3 Å². The van der Waals surface area contributed by atoms with Crippen LogP contribution in [-0.4, -0.2) is 11.1 Å². The standard InChI is InChI=1S/C15H23NO/c1-3-13-7-8-15(11(13)2)16-10-12-5-4-6-14(17)9-12/h4-6,9,11,13,15-17H,3,7-8,10H2,1-2H3. The summed E-state index contributed by atoms with van der Waals surface area (Å²) in [5.41, 5.74) is 1.16. The van der Waals surface area contributed by atoms with Gasteiger partial charge in [-0.15, -0.1) is 0 Å². The molecule has 2 nitrogen and oxygen atoms in total. The van der Waals surface area contributed by atoms with Crippen molar-refractivity contribution in [2.24, 2.45) is 11.8 Å². The first kappa shape index (κ1) is 12.4. The number of nitrogens with one attached hydrogen (secondary N) is 1. The van der Waals surface area contributed by atoms with Crippen LogP contribution in [0.3, 0.4) is 0 Å². The third-order valence-corrected chi connectivity index (χ3v) is 4.23. The van der Waals surface area contributed by atoms with Gasteiger partial charge in [-0.2, -0.15) is 0 Å². The van der Waals surface area contributed by atoms with Gasteiger partial charge in [-0.1, -0.05) is 32.4 Å². The number of rotatable bonds is 4. The molecule has 1 saturated carbocycles. The second-order valence-electron chi connectivity index (χ2n) is 5.26. The van der Waals surface area contributed by atoms with Crippen LogP contribution >= 0.6 is 0 Å². The summed E-state index contributed by atoms with van der Waals surface area (Å²) in [6.45, 7) is 5.51. The van der Waals surface area contributed by atoms with Gasteiger partial charge in [0.15, 0.2) is 0 Å². The number of hydrogen-bond donors (Lipinski definition) is 2. The van der Waals surface area contributed by atoms with Gasteiger partial charge in [0.05, 0.1) is 0 Å². The highest BCUT2D eigenvalue weighted by Crippen LogP contribution is 2.33. The number of phenolic OH excluding ortho intramolecular Hbond substituents is 1. The smallest absolute Gasteiger partial charge is 0.115 e. The van der Waals surface area contributed by atoms with Gasteiger partial charge in [0.1, 0.15) is 5.75 Å². The Kier molecular flexibility index (Phi) is 4.06. The van der Waals surface area contributed by atoms with Gasteiger partial charge in [-0.05, 0) is 42.4 Å². The van der Waals surface area contributed by atoms with Crippen LogP contribution in [0.5, 0.6) is 5.75 Å². The zero-order valence-corrected chi connectivity index (χ0v) is 10.8. The van der Waals surface area contributed by atoms with Crippen molar-refractivity contribution in [2.75, 3.05) is 0 Å². The van der Waals surface area contributed by atoms with E-state index in [-0.39, 0.29) is 0 Å². The Bertz CT molecular complexity index is 364. The summed E-state index contributed by atoms with van der Waals surface area (Å²) < 4.78 is 0. The first-order chi connectivity index (χ1) is 8.20. The van der Waals surface area contributed by atoms with Crippen molar-refractivity contribution < 1.29 is 5.11 Å². The quantitative estimate of drug-likeness (QED) is 0.836. The Balaban J connectivity index is 1.87. The number of benzene rings is 1. The molecule has 1 aromatic rings. The lowest BCUT2D eigenvalue weighted by Crippen LogP contribution is -2.32. The highest BCUT2D eigenvalue weighted by molar-refractivity contribution is 5.27. The minimum absolute atomic E-state index is 0.357. The summed E-state index contributed by atoms with van der Waals surface area (Å²) in [6, 6.07) is 8.16. The average molecular weight is 233 g/mol. The van der Waals surface area contributed by atoms with E-state index >= 15 is 0 Å². The Hall–Kier alpha value is -1.02. The molecule has 1 fully saturated rings. The zero-order valence-electron chi connectivity index (χ0n) is 10.8. The van der Waals surface area contributed by atoms with Crippen molar-refractivity contribution in [1.29, 1.82) is 0 Å². The van der Waals surface area contributed by atoms with Crippen LogP contribution in [0.4, 0.5) is 0 Å². The Morgan fingerprint density at radius 2 is 2.18 bits per heavy atom. The maximum Gasteiger partial charge on any atom is 0.115 e. The topological polar surface area (TPSA) is 32.3 Å². The summed E-state index contributed by atoms with van der Waals surface area (Å²) in [5, 5.41) is 13.0. The molecule has 2 N–H and O–H groups in total. The van der Waals surface area contributed by atoms with Crippen LogP contribution in [0.1, 0.15) is 38.7 Å². The SMILES string of the molecule is CCC1CCC(NCc2cccc(O)c2)C1C. The molecule has 17 heavy (non-hydrogen) atoms. The summed E-state index contributed by atoms with van der Waals surface area (Å²) in [5.74, 6) is 2.02. The van der Waals surface area contributed by atoms with E-state index in [4.69, 9.17) is 0 Å². The van der Waals surface area contributed by atoms with Crippen LogP contribution in [0, 0.1) is 11.8 Å². The van der Waals surface area contributed by atoms with Crippen molar-refractivity contribution >= 4 is 0 Å². The van der Waals surface area contributed by atoms with Gasteiger partial charge in [-0.3, -0.25) is 0 Å². The molecule has 0 amide bonds. The van der Waals surface area contributed by atoms with E-state index < -0.39 is 0 Å². The third kappa shape index (κ3) is 3.01. The molecule has 0 aliphatic heterocycles. The van der Waals surface area contributed by atoms with E-state index in [1.54, 1.807) is 6.07 Å². The molecule has 0 aromatic heterocycles. The molecule has 2 heteroatoms. The van der Waals surface area contributed by atoms with E-state index in [0.717, 1.165) is 23.9 Å². The Morgan fingerprint density at radius 3 is 2.82 bits per heavy atom. The van der Waals surface area contributed by atoms with E-state index in [1.807, 2.05) is 12.1 Å². The second kappa shape index (κ2) is 5.54. The summed E-state index contributed by atoms with van der Waals surface area (Å²) in [7, 11) is 0. The monoisotopic (exact) mass is 233 g/mol. The zero-order chi connectivity index (χ0) is 12.3. The number of aromatic hydroxyl groups is 1. The maximum absolute atomic E-state index is 9.41. The molecule has 1 aromatic carbocycles. The van der Waals surface area contributed by atoms with E-state index in [2.05, 4.69) is 25.2 Å². The normalized spacial score (nSPS) is 28.5. The lowest BCUT2D eigenvalue weighted by Gasteiger charge is -2.21. The second-order valence-corrected chi connectivity index (χ2v) is 5.26. The average Bonchev–Trinajstić information content (AvgIpc) is 2.67. The molecule has 2 rings (SSSR count). The molecule has 3 atom stereocenters. The molecule has 0 radical (unpaired) electrons. The maximum atomic E-state index is 9.41. The molecule has 3 unspecified atom stereocenters. The van der Waals surface area contributed by atoms with Gasteiger partial charge in [-0.25, -0.2) is 0 Å². The molecule has 94 valence electrons. The molecule has 0 heterocycles. The van der Waals surface area contributed by atoms with Gasteiger partial charge in [0.25, 0.3) is 0 Å². The van der Waals surface area contributed by atoms with Crippen molar-refractivity contribution in [1.82, 2.24) is 5.32 Å². The third-order valence-electron chi connectivity index (χ3n) is 4.23. The summed E-state index contributed by atoms with van der Waals surface area (Å²) in [4.78, 5) is 0. The first-order valence-electron chi connectivity index (χ1n) is 6.72. The predicted octanol–water partition coefficient (Wildman–Crippen LogP) is 3.31. The van der Waals surface area contributed by atoms with E-state index in [9.17, 15) is 5.11 Å². The number of phenols is 1. The van der Waals surface area contributed by atoms with Crippen molar-refractivity contribution in [3.63, 3.8) is 0 Å². The summed E-state index contributed by atoms with van der Waals surface area (Å²) >= 11 is 0. The Morgan fingerprint density at radius 1 is 1.35 bits per heavy atom. The summed E-state index contributed by atoms with van der Waals surface area (Å²) in [6.07, 6.45) is 3.94. The van der Waals surface area contributed by atoms with Crippen molar-refractivity contribution in [3.8, 4) is 5.75 Å². The van der Waals surface area contributed by atoms with E-state index in [0.29, 0.717) is 11.8 Å². The highest BCUT2D eigenvalue weighted by Gasteiger charge is 2.30. The first-order valence-corrected chi connectivity index (χ1v) is 6.72. The van der Waals surface area contributed by atoms with Gasteiger partial charge in [0.2, 0.25) is 0 Å². The predicted molar refractivity (Wildman–Crippen MR) is 70.9 cm³/mol. The van der Waals surface area contributed by atoms with Crippen LogP contribution in [0.2, 0.25) is 0 Å². The minimum atomic E-state index is 0.357. The lowest BCUT2D eigenvalue weighted by molar-refractivity contribution is 0.344. The Labute approximate surface area is 104 Å². The molecular weight excluding hydrogens is 210 g/mol.